The highest BCUT2D eigenvalue weighted by Gasteiger charge is 2.47. The van der Waals surface area contributed by atoms with E-state index >= 15 is 0 Å². The lowest BCUT2D eigenvalue weighted by Gasteiger charge is -2.24. The van der Waals surface area contributed by atoms with E-state index in [1.54, 1.807) is 29.5 Å². The van der Waals surface area contributed by atoms with Gasteiger partial charge in [-0.25, -0.2) is 0 Å². The largest absolute Gasteiger partial charge is 0.450 e. The molecule has 0 fully saturated rings. The summed E-state index contributed by atoms with van der Waals surface area (Å²) in [7, 11) is -4.90. The number of esters is 1. The minimum absolute atomic E-state index is 0.211. The average molecular weight is 404 g/mol. The molecule has 0 aromatic carbocycles. The van der Waals surface area contributed by atoms with E-state index in [9.17, 15) is 26.4 Å². The normalized spacial score (nSPS) is 17.9. The number of rotatable bonds is 5. The van der Waals surface area contributed by atoms with Crippen LogP contribution in [0.25, 0.3) is 0 Å². The molecule has 0 saturated carbocycles. The molecule has 0 radical (unpaired) electrons. The number of hydrogen-bond donors (Lipinski definition) is 1. The van der Waals surface area contributed by atoms with E-state index in [1.807, 2.05) is 0 Å². The van der Waals surface area contributed by atoms with Crippen LogP contribution in [0.15, 0.2) is 0 Å². The minimum Gasteiger partial charge on any atom is -0.450 e. The lowest BCUT2D eigenvalue weighted by molar-refractivity contribution is -0.216. The van der Waals surface area contributed by atoms with Crippen LogP contribution < -0.4 is 0 Å². The predicted molar refractivity (Wildman–Crippen MR) is 65.1 cm³/mol. The Hall–Kier alpha value is -0.100. The van der Waals surface area contributed by atoms with Crippen molar-refractivity contribution in [2.24, 2.45) is 0 Å². The van der Waals surface area contributed by atoms with Crippen LogP contribution in [0.2, 0.25) is 0 Å². The second kappa shape index (κ2) is 5.90. The lowest BCUT2D eigenvalue weighted by atomic mass is 10.1. The monoisotopic (exact) mass is 404 g/mol. The Kier molecular flexibility index (Phi) is 5.87. The Bertz CT molecular complexity index is 403. The molecule has 0 aromatic rings. The molecule has 108 valence electrons. The SMILES string of the molecule is CCC(C)(I)C(=O)OC(CS(=O)(=O)O)C(F)(F)F. The van der Waals surface area contributed by atoms with Crippen molar-refractivity contribution in [2.75, 3.05) is 5.75 Å². The van der Waals surface area contributed by atoms with Crippen LogP contribution in [0.3, 0.4) is 0 Å². The highest BCUT2D eigenvalue weighted by molar-refractivity contribution is 14.1. The van der Waals surface area contributed by atoms with Gasteiger partial charge in [0, 0.05) is 0 Å². The van der Waals surface area contributed by atoms with E-state index in [1.165, 1.54) is 6.92 Å². The Labute approximate surface area is 116 Å². The van der Waals surface area contributed by atoms with Gasteiger partial charge >= 0.3 is 12.1 Å². The smallest absolute Gasteiger partial charge is 0.426 e. The molecule has 0 aliphatic rings. The van der Waals surface area contributed by atoms with Gasteiger partial charge in [0.2, 0.25) is 6.10 Å². The van der Waals surface area contributed by atoms with Crippen LogP contribution in [0.1, 0.15) is 20.3 Å². The predicted octanol–water partition coefficient (Wildman–Crippen LogP) is 1.95. The van der Waals surface area contributed by atoms with Gasteiger partial charge in [-0.15, -0.1) is 0 Å². The molecule has 10 heteroatoms. The fourth-order valence-corrected chi connectivity index (χ4v) is 1.55. The Morgan fingerprint density at radius 1 is 1.44 bits per heavy atom. The topological polar surface area (TPSA) is 80.7 Å². The number of carbonyl (C=O) groups excluding carboxylic acids is 1. The second-order valence-corrected chi connectivity index (χ2v) is 7.61. The van der Waals surface area contributed by atoms with E-state index in [0.717, 1.165) is 0 Å². The third-order valence-electron chi connectivity index (χ3n) is 2.07. The van der Waals surface area contributed by atoms with Gasteiger partial charge in [0.25, 0.3) is 10.1 Å². The molecule has 0 aliphatic carbocycles. The van der Waals surface area contributed by atoms with Gasteiger partial charge in [0.05, 0.1) is 0 Å². The van der Waals surface area contributed by atoms with E-state index in [2.05, 4.69) is 4.74 Å². The molecular formula is C8H12F3IO5S. The summed E-state index contributed by atoms with van der Waals surface area (Å²) in [5.41, 5.74) is 0. The quantitative estimate of drug-likeness (QED) is 0.328. The zero-order valence-electron chi connectivity index (χ0n) is 9.49. The van der Waals surface area contributed by atoms with E-state index in [4.69, 9.17) is 4.55 Å². The average Bonchev–Trinajstić information content (AvgIpc) is 2.13. The fraction of sp³-hybridized carbons (Fsp3) is 0.875. The van der Waals surface area contributed by atoms with Gasteiger partial charge < -0.3 is 4.74 Å². The van der Waals surface area contributed by atoms with Crippen LogP contribution in [0.5, 0.6) is 0 Å². The van der Waals surface area contributed by atoms with Crippen LogP contribution in [-0.4, -0.2) is 40.4 Å². The van der Waals surface area contributed by atoms with Gasteiger partial charge in [0.15, 0.2) is 0 Å². The fourth-order valence-electron chi connectivity index (χ4n) is 0.783. The van der Waals surface area contributed by atoms with Crippen molar-refractivity contribution in [3.63, 3.8) is 0 Å². The molecule has 2 unspecified atom stereocenters. The summed E-state index contributed by atoms with van der Waals surface area (Å²) in [5.74, 6) is -2.89. The summed E-state index contributed by atoms with van der Waals surface area (Å²) in [6.07, 6.45) is -7.73. The number of halogens is 4. The molecular weight excluding hydrogens is 392 g/mol. The van der Waals surface area contributed by atoms with Crippen molar-refractivity contribution in [3.05, 3.63) is 0 Å². The summed E-state index contributed by atoms with van der Waals surface area (Å²) < 4.78 is 69.6. The maximum Gasteiger partial charge on any atom is 0.426 e. The summed E-state index contributed by atoms with van der Waals surface area (Å²) in [6.45, 7) is 2.93. The van der Waals surface area contributed by atoms with Crippen molar-refractivity contribution in [1.29, 1.82) is 0 Å². The minimum atomic E-state index is -5.06. The van der Waals surface area contributed by atoms with Crippen LogP contribution in [-0.2, 0) is 19.6 Å². The summed E-state index contributed by atoms with van der Waals surface area (Å²) >= 11 is 1.61. The van der Waals surface area contributed by atoms with Crippen molar-refractivity contribution < 1.29 is 35.7 Å². The Morgan fingerprint density at radius 2 is 1.89 bits per heavy atom. The molecule has 1 N–H and O–H groups in total. The number of hydrogen-bond acceptors (Lipinski definition) is 4. The van der Waals surface area contributed by atoms with Gasteiger partial charge in [-0.05, 0) is 13.3 Å². The van der Waals surface area contributed by atoms with Gasteiger partial charge in [-0.3, -0.25) is 9.35 Å². The van der Waals surface area contributed by atoms with Crippen molar-refractivity contribution in [3.8, 4) is 0 Å². The summed E-state index contributed by atoms with van der Waals surface area (Å²) in [6, 6.07) is 0. The molecule has 0 bridgehead atoms. The third kappa shape index (κ3) is 6.18. The van der Waals surface area contributed by atoms with Crippen LogP contribution in [0, 0.1) is 0 Å². The molecule has 0 aromatic heterocycles. The number of carbonyl (C=O) groups is 1. The first kappa shape index (κ1) is 17.9. The lowest BCUT2D eigenvalue weighted by Crippen LogP contribution is -2.43. The standard InChI is InChI=1S/C8H12F3IO5S/c1-3-7(2,12)6(13)17-5(8(9,10)11)4-18(14,15)16/h5H,3-4H2,1-2H3,(H,14,15,16). The Balaban J connectivity index is 5.00. The Morgan fingerprint density at radius 3 is 2.17 bits per heavy atom. The molecule has 5 nitrogen and oxygen atoms in total. The third-order valence-corrected chi connectivity index (χ3v) is 3.99. The van der Waals surface area contributed by atoms with E-state index in [0.29, 0.717) is 0 Å². The zero-order valence-corrected chi connectivity index (χ0v) is 12.5. The van der Waals surface area contributed by atoms with Crippen molar-refractivity contribution in [1.82, 2.24) is 0 Å². The highest BCUT2D eigenvalue weighted by atomic mass is 127. The molecule has 2 atom stereocenters. The molecule has 0 amide bonds. The van der Waals surface area contributed by atoms with Crippen LogP contribution >= 0.6 is 22.6 Å². The van der Waals surface area contributed by atoms with Crippen LogP contribution in [0.4, 0.5) is 13.2 Å². The van der Waals surface area contributed by atoms with Gasteiger partial charge in [-0.2, -0.15) is 21.6 Å². The second-order valence-electron chi connectivity index (χ2n) is 3.74. The molecule has 0 spiro atoms. The maximum absolute atomic E-state index is 12.4. The first-order chi connectivity index (χ1) is 7.79. The molecule has 0 rings (SSSR count). The maximum atomic E-state index is 12.4. The van der Waals surface area contributed by atoms with E-state index < -0.39 is 37.5 Å². The molecule has 0 saturated heterocycles. The van der Waals surface area contributed by atoms with E-state index in [-0.39, 0.29) is 6.42 Å². The first-order valence-corrected chi connectivity index (χ1v) is 7.40. The summed E-state index contributed by atoms with van der Waals surface area (Å²) in [5, 5.41) is 0. The number of alkyl halides is 4. The molecule has 0 aliphatic heterocycles. The van der Waals surface area contributed by atoms with Crippen molar-refractivity contribution in [2.45, 2.75) is 36.0 Å². The van der Waals surface area contributed by atoms with Gasteiger partial charge in [0.1, 0.15) is 9.17 Å². The summed E-state index contributed by atoms with van der Waals surface area (Å²) in [4.78, 5) is 11.4. The molecule has 0 heterocycles. The number of ether oxygens (including phenoxy) is 1. The highest BCUT2D eigenvalue weighted by Crippen LogP contribution is 2.29. The zero-order chi connectivity index (χ0) is 14.8. The molecule has 18 heavy (non-hydrogen) atoms. The first-order valence-electron chi connectivity index (χ1n) is 4.71. The van der Waals surface area contributed by atoms with Gasteiger partial charge in [-0.1, -0.05) is 29.5 Å². The van der Waals surface area contributed by atoms with Crippen molar-refractivity contribution >= 4 is 38.7 Å².